The predicted molar refractivity (Wildman–Crippen MR) is 104 cm³/mol. The molecule has 0 fully saturated rings. The quantitative estimate of drug-likeness (QED) is 0.770. The van der Waals surface area contributed by atoms with Crippen LogP contribution in [-0.2, 0) is 10.0 Å². The Hall–Kier alpha value is -1.97. The van der Waals surface area contributed by atoms with Gasteiger partial charge in [-0.15, -0.1) is 0 Å². The first-order valence-electron chi connectivity index (χ1n) is 7.54. The van der Waals surface area contributed by atoms with Crippen molar-refractivity contribution in [3.63, 3.8) is 0 Å². The van der Waals surface area contributed by atoms with Gasteiger partial charge in [-0.1, -0.05) is 0 Å². The highest BCUT2D eigenvalue weighted by Gasteiger charge is 2.21. The molecule has 0 aliphatic carbocycles. The van der Waals surface area contributed by atoms with Crippen LogP contribution in [0, 0.1) is 5.82 Å². The molecule has 140 valence electrons. The average Bonchev–Trinajstić information content (AvgIpc) is 2.54. The minimum Gasteiger partial charge on any atom is -0.376 e. The molecule has 9 heteroatoms. The van der Waals surface area contributed by atoms with E-state index in [0.29, 0.717) is 15.8 Å². The largest absolute Gasteiger partial charge is 0.376 e. The van der Waals surface area contributed by atoms with Gasteiger partial charge >= 0.3 is 0 Å². The molecule has 0 saturated heterocycles. The van der Waals surface area contributed by atoms with Gasteiger partial charge in [-0.2, -0.15) is 0 Å². The third kappa shape index (κ3) is 4.22. The van der Waals surface area contributed by atoms with Crippen LogP contribution in [0.1, 0.15) is 10.4 Å². The number of hydrogen-bond acceptors (Lipinski definition) is 4. The van der Waals surface area contributed by atoms with Crippen molar-refractivity contribution in [2.24, 2.45) is 0 Å². The zero-order valence-electron chi connectivity index (χ0n) is 14.7. The van der Waals surface area contributed by atoms with E-state index in [1.165, 1.54) is 44.4 Å². The lowest BCUT2D eigenvalue weighted by atomic mass is 10.2. The van der Waals surface area contributed by atoms with Gasteiger partial charge in [0.1, 0.15) is 5.82 Å². The summed E-state index contributed by atoms with van der Waals surface area (Å²) in [6, 6.07) is 8.22. The zero-order valence-corrected chi connectivity index (χ0v) is 17.1. The van der Waals surface area contributed by atoms with Gasteiger partial charge in [0.2, 0.25) is 10.0 Å². The van der Waals surface area contributed by atoms with Gasteiger partial charge in [-0.3, -0.25) is 4.79 Å². The topological polar surface area (TPSA) is 69.7 Å². The molecule has 1 amide bonds. The molecule has 1 N–H and O–H groups in total. The number of benzene rings is 2. The summed E-state index contributed by atoms with van der Waals surface area (Å²) in [6.07, 6.45) is 0. The Bertz CT molecular complexity index is 946. The minimum absolute atomic E-state index is 0.0570. The lowest BCUT2D eigenvalue weighted by Crippen LogP contribution is -2.23. The first kappa shape index (κ1) is 20.3. The molecule has 0 saturated carbocycles. The van der Waals surface area contributed by atoms with Gasteiger partial charge in [0, 0.05) is 32.7 Å². The van der Waals surface area contributed by atoms with Crippen LogP contribution in [0.2, 0.25) is 0 Å². The maximum Gasteiger partial charge on any atom is 0.256 e. The van der Waals surface area contributed by atoms with Crippen LogP contribution in [-0.4, -0.2) is 46.8 Å². The molecule has 0 radical (unpaired) electrons. The van der Waals surface area contributed by atoms with E-state index in [1.54, 1.807) is 25.1 Å². The Labute approximate surface area is 160 Å². The first-order chi connectivity index (χ1) is 12.0. The molecule has 0 aliphatic rings. The number of nitrogens with one attached hydrogen (secondary N) is 1. The van der Waals surface area contributed by atoms with Gasteiger partial charge in [-0.25, -0.2) is 17.1 Å². The van der Waals surface area contributed by atoms with Crippen molar-refractivity contribution in [2.75, 3.05) is 38.4 Å². The van der Waals surface area contributed by atoms with Crippen LogP contribution in [0.15, 0.2) is 45.8 Å². The SMILES string of the molecule is CN(C)c1ccc(S(=O)(=O)N(C)C)cc1NC(=O)c1ccc(F)cc1Br. The Morgan fingerprint density at radius 3 is 2.27 bits per heavy atom. The maximum atomic E-state index is 13.2. The fraction of sp³-hybridized carbons (Fsp3) is 0.235. The maximum absolute atomic E-state index is 13.2. The average molecular weight is 444 g/mol. The molecule has 0 unspecified atom stereocenters. The van der Waals surface area contributed by atoms with Gasteiger partial charge < -0.3 is 10.2 Å². The lowest BCUT2D eigenvalue weighted by molar-refractivity contribution is 0.102. The van der Waals surface area contributed by atoms with Crippen molar-refractivity contribution in [3.05, 3.63) is 52.3 Å². The Balaban J connectivity index is 2.48. The van der Waals surface area contributed by atoms with Crippen molar-refractivity contribution >= 4 is 43.2 Å². The van der Waals surface area contributed by atoms with E-state index in [9.17, 15) is 17.6 Å². The number of anilines is 2. The third-order valence-corrected chi connectivity index (χ3v) is 6.12. The van der Waals surface area contributed by atoms with Crippen LogP contribution in [0.5, 0.6) is 0 Å². The number of carbonyl (C=O) groups is 1. The van der Waals surface area contributed by atoms with Crippen LogP contribution >= 0.6 is 15.9 Å². The number of sulfonamides is 1. The van der Waals surface area contributed by atoms with Crippen molar-refractivity contribution in [3.8, 4) is 0 Å². The van der Waals surface area contributed by atoms with Gasteiger partial charge in [0.15, 0.2) is 0 Å². The fourth-order valence-electron chi connectivity index (χ4n) is 2.24. The van der Waals surface area contributed by atoms with Crippen LogP contribution in [0.25, 0.3) is 0 Å². The van der Waals surface area contributed by atoms with Gasteiger partial charge in [-0.05, 0) is 52.3 Å². The van der Waals surface area contributed by atoms with E-state index in [-0.39, 0.29) is 10.5 Å². The summed E-state index contributed by atoms with van der Waals surface area (Å²) < 4.78 is 39.4. The molecular weight excluding hydrogens is 425 g/mol. The van der Waals surface area contributed by atoms with E-state index in [0.717, 1.165) is 4.31 Å². The molecular formula is C17H19BrFN3O3S. The third-order valence-electron chi connectivity index (χ3n) is 3.65. The van der Waals surface area contributed by atoms with E-state index < -0.39 is 21.7 Å². The van der Waals surface area contributed by atoms with Crippen molar-refractivity contribution in [1.29, 1.82) is 0 Å². The first-order valence-corrected chi connectivity index (χ1v) is 9.77. The summed E-state index contributed by atoms with van der Waals surface area (Å²) in [5.41, 5.74) is 1.20. The van der Waals surface area contributed by atoms with Gasteiger partial charge in [0.25, 0.3) is 5.91 Å². The summed E-state index contributed by atoms with van der Waals surface area (Å²) in [7, 11) is 2.77. The van der Waals surface area contributed by atoms with Gasteiger partial charge in [0.05, 0.1) is 21.8 Å². The summed E-state index contributed by atoms with van der Waals surface area (Å²) in [4.78, 5) is 14.4. The summed E-state index contributed by atoms with van der Waals surface area (Å²) in [5, 5.41) is 2.70. The second-order valence-electron chi connectivity index (χ2n) is 5.94. The molecule has 26 heavy (non-hydrogen) atoms. The lowest BCUT2D eigenvalue weighted by Gasteiger charge is -2.20. The van der Waals surface area contributed by atoms with Crippen molar-refractivity contribution < 1.29 is 17.6 Å². The zero-order chi connectivity index (χ0) is 19.6. The number of carbonyl (C=O) groups excluding carboxylic acids is 1. The number of halogens is 2. The Morgan fingerprint density at radius 2 is 1.73 bits per heavy atom. The summed E-state index contributed by atoms with van der Waals surface area (Å²) in [6.45, 7) is 0. The molecule has 0 aliphatic heterocycles. The van der Waals surface area contributed by atoms with Crippen molar-refractivity contribution in [1.82, 2.24) is 4.31 Å². The molecule has 2 aromatic carbocycles. The Kier molecular flexibility index (Phi) is 6.05. The number of amides is 1. The highest BCUT2D eigenvalue weighted by molar-refractivity contribution is 9.10. The molecule has 0 atom stereocenters. The molecule has 0 heterocycles. The van der Waals surface area contributed by atoms with Crippen LogP contribution in [0.3, 0.4) is 0 Å². The van der Waals surface area contributed by atoms with Crippen LogP contribution < -0.4 is 10.2 Å². The number of hydrogen-bond donors (Lipinski definition) is 1. The van der Waals surface area contributed by atoms with Crippen LogP contribution in [0.4, 0.5) is 15.8 Å². The molecule has 6 nitrogen and oxygen atoms in total. The molecule has 0 aromatic heterocycles. The van der Waals surface area contributed by atoms with E-state index in [4.69, 9.17) is 0 Å². The Morgan fingerprint density at radius 1 is 1.08 bits per heavy atom. The summed E-state index contributed by atoms with van der Waals surface area (Å²) >= 11 is 3.16. The molecule has 2 aromatic rings. The number of rotatable bonds is 5. The fourth-order valence-corrected chi connectivity index (χ4v) is 3.70. The second kappa shape index (κ2) is 7.73. The summed E-state index contributed by atoms with van der Waals surface area (Å²) in [5.74, 6) is -0.958. The predicted octanol–water partition coefficient (Wildman–Crippen LogP) is 3.16. The standard InChI is InChI=1S/C17H19BrFN3O3S/c1-21(2)16-8-6-12(26(24,25)22(3)4)10-15(16)20-17(23)13-7-5-11(19)9-14(13)18/h5-10H,1-4H3,(H,20,23). The molecule has 0 bridgehead atoms. The minimum atomic E-state index is -3.65. The highest BCUT2D eigenvalue weighted by Crippen LogP contribution is 2.29. The van der Waals surface area contributed by atoms with E-state index in [2.05, 4.69) is 21.2 Å². The second-order valence-corrected chi connectivity index (χ2v) is 8.95. The monoisotopic (exact) mass is 443 g/mol. The van der Waals surface area contributed by atoms with E-state index >= 15 is 0 Å². The number of nitrogens with zero attached hydrogens (tertiary/aromatic N) is 2. The normalized spacial score (nSPS) is 11.5. The van der Waals surface area contributed by atoms with E-state index in [1.807, 2.05) is 0 Å². The molecule has 2 rings (SSSR count). The molecule has 0 spiro atoms. The highest BCUT2D eigenvalue weighted by atomic mass is 79.9. The van der Waals surface area contributed by atoms with Crippen molar-refractivity contribution in [2.45, 2.75) is 4.90 Å². The smallest absolute Gasteiger partial charge is 0.256 e.